The zero-order chi connectivity index (χ0) is 11.5. The first-order valence-electron chi connectivity index (χ1n) is 5.50. The molecule has 0 aliphatic carbocycles. The number of nitrogens with zero attached hydrogens (tertiary/aromatic N) is 1. The minimum atomic E-state index is 0.550. The maximum absolute atomic E-state index is 6.06. The molecule has 0 bridgehead atoms. The Hall–Kier alpha value is -1.03. The smallest absolute Gasteiger partial charge is 0.121 e. The minimum Gasteiger partial charge on any atom is -0.497 e. The highest BCUT2D eigenvalue weighted by Crippen LogP contribution is 2.31. The van der Waals surface area contributed by atoms with Crippen LogP contribution < -0.4 is 15.4 Å². The lowest BCUT2D eigenvalue weighted by Gasteiger charge is -2.35. The van der Waals surface area contributed by atoms with Crippen LogP contribution in [0.1, 0.15) is 6.92 Å². The molecule has 1 aromatic rings. The first kappa shape index (κ1) is 11.5. The van der Waals surface area contributed by atoms with Gasteiger partial charge in [0.15, 0.2) is 0 Å². The maximum atomic E-state index is 6.06. The van der Waals surface area contributed by atoms with E-state index in [1.165, 1.54) is 11.5 Å². The number of anilines is 2. The number of nitrogens with two attached hydrogens (primary N) is 1. The third kappa shape index (κ3) is 2.21. The van der Waals surface area contributed by atoms with E-state index in [1.807, 2.05) is 23.9 Å². The van der Waals surface area contributed by atoms with Crippen molar-refractivity contribution in [3.8, 4) is 5.75 Å². The Labute approximate surface area is 101 Å². The van der Waals surface area contributed by atoms with E-state index in [9.17, 15) is 0 Å². The van der Waals surface area contributed by atoms with Crippen LogP contribution in [0.4, 0.5) is 11.4 Å². The highest BCUT2D eigenvalue weighted by molar-refractivity contribution is 7.99. The lowest BCUT2D eigenvalue weighted by Crippen LogP contribution is -2.40. The Balaban J connectivity index is 2.25. The zero-order valence-electron chi connectivity index (χ0n) is 9.77. The Morgan fingerprint density at radius 2 is 2.31 bits per heavy atom. The topological polar surface area (TPSA) is 38.5 Å². The number of methoxy groups -OCH3 is 1. The lowest BCUT2D eigenvalue weighted by atomic mass is 10.2. The largest absolute Gasteiger partial charge is 0.497 e. The fourth-order valence-electron chi connectivity index (χ4n) is 2.01. The van der Waals surface area contributed by atoms with Crippen molar-refractivity contribution in [2.45, 2.75) is 13.0 Å². The predicted molar refractivity (Wildman–Crippen MR) is 71.5 cm³/mol. The Morgan fingerprint density at radius 1 is 1.50 bits per heavy atom. The molecule has 1 atom stereocenters. The summed E-state index contributed by atoms with van der Waals surface area (Å²) in [4.78, 5) is 2.38. The molecular formula is C12H18N2OS. The van der Waals surface area contributed by atoms with E-state index in [2.05, 4.69) is 17.9 Å². The Kier molecular flexibility index (Phi) is 3.49. The van der Waals surface area contributed by atoms with Crippen molar-refractivity contribution in [3.63, 3.8) is 0 Å². The van der Waals surface area contributed by atoms with Crippen molar-refractivity contribution in [1.82, 2.24) is 0 Å². The number of benzene rings is 1. The molecule has 0 saturated carbocycles. The van der Waals surface area contributed by atoms with Crippen LogP contribution in [0.2, 0.25) is 0 Å². The molecule has 1 saturated heterocycles. The van der Waals surface area contributed by atoms with E-state index < -0.39 is 0 Å². The molecule has 16 heavy (non-hydrogen) atoms. The van der Waals surface area contributed by atoms with Crippen LogP contribution >= 0.6 is 11.8 Å². The van der Waals surface area contributed by atoms with E-state index in [0.29, 0.717) is 6.04 Å². The molecule has 0 radical (unpaired) electrons. The summed E-state index contributed by atoms with van der Waals surface area (Å²) in [7, 11) is 1.66. The molecule has 0 aromatic heterocycles. The Bertz CT molecular complexity index is 370. The summed E-state index contributed by atoms with van der Waals surface area (Å²) >= 11 is 2.01. The molecular weight excluding hydrogens is 220 g/mol. The molecule has 1 aromatic carbocycles. The van der Waals surface area contributed by atoms with Crippen molar-refractivity contribution in [2.24, 2.45) is 0 Å². The SMILES string of the molecule is COc1ccc(N2CCSCC2C)c(N)c1. The molecule has 1 aliphatic heterocycles. The number of thioether (sulfide) groups is 1. The average Bonchev–Trinajstić information content (AvgIpc) is 2.30. The van der Waals surface area contributed by atoms with Gasteiger partial charge in [0.1, 0.15) is 5.75 Å². The molecule has 3 nitrogen and oxygen atoms in total. The van der Waals surface area contributed by atoms with Gasteiger partial charge in [-0.3, -0.25) is 0 Å². The first-order valence-corrected chi connectivity index (χ1v) is 6.65. The maximum Gasteiger partial charge on any atom is 0.121 e. The molecule has 1 fully saturated rings. The van der Waals surface area contributed by atoms with Crippen molar-refractivity contribution in [3.05, 3.63) is 18.2 Å². The molecule has 1 unspecified atom stereocenters. The number of rotatable bonds is 2. The van der Waals surface area contributed by atoms with Crippen LogP contribution in [-0.4, -0.2) is 31.2 Å². The molecule has 0 amide bonds. The quantitative estimate of drug-likeness (QED) is 0.802. The highest BCUT2D eigenvalue weighted by Gasteiger charge is 2.20. The van der Waals surface area contributed by atoms with E-state index in [-0.39, 0.29) is 0 Å². The molecule has 2 N–H and O–H groups in total. The normalized spacial score (nSPS) is 20.9. The molecule has 2 rings (SSSR count). The minimum absolute atomic E-state index is 0.550. The second kappa shape index (κ2) is 4.87. The summed E-state index contributed by atoms with van der Waals surface area (Å²) in [5.41, 5.74) is 8.00. The van der Waals surface area contributed by atoms with Gasteiger partial charge in [-0.05, 0) is 19.1 Å². The second-order valence-electron chi connectivity index (χ2n) is 4.04. The second-order valence-corrected chi connectivity index (χ2v) is 5.19. The number of hydrogen-bond acceptors (Lipinski definition) is 4. The van der Waals surface area contributed by atoms with Gasteiger partial charge < -0.3 is 15.4 Å². The number of hydrogen-bond donors (Lipinski definition) is 1. The van der Waals surface area contributed by atoms with Crippen LogP contribution in [0.5, 0.6) is 5.75 Å². The zero-order valence-corrected chi connectivity index (χ0v) is 10.6. The van der Waals surface area contributed by atoms with Crippen LogP contribution in [-0.2, 0) is 0 Å². The van der Waals surface area contributed by atoms with Crippen molar-refractivity contribution < 1.29 is 4.74 Å². The third-order valence-electron chi connectivity index (χ3n) is 2.91. The van der Waals surface area contributed by atoms with Gasteiger partial charge in [0.05, 0.1) is 18.5 Å². The van der Waals surface area contributed by atoms with Gasteiger partial charge in [-0.25, -0.2) is 0 Å². The van der Waals surface area contributed by atoms with Gasteiger partial charge in [0.25, 0.3) is 0 Å². The lowest BCUT2D eigenvalue weighted by molar-refractivity contribution is 0.415. The third-order valence-corrected chi connectivity index (χ3v) is 4.10. The van der Waals surface area contributed by atoms with Gasteiger partial charge in [-0.1, -0.05) is 0 Å². The van der Waals surface area contributed by atoms with Gasteiger partial charge in [-0.15, -0.1) is 0 Å². The summed E-state index contributed by atoms with van der Waals surface area (Å²) in [6.07, 6.45) is 0. The highest BCUT2D eigenvalue weighted by atomic mass is 32.2. The summed E-state index contributed by atoms with van der Waals surface area (Å²) in [5.74, 6) is 3.17. The summed E-state index contributed by atoms with van der Waals surface area (Å²) in [6, 6.07) is 6.47. The molecule has 88 valence electrons. The predicted octanol–water partition coefficient (Wildman–Crippen LogP) is 2.22. The van der Waals surface area contributed by atoms with Crippen LogP contribution in [0.25, 0.3) is 0 Å². The fraction of sp³-hybridized carbons (Fsp3) is 0.500. The molecule has 1 heterocycles. The van der Waals surface area contributed by atoms with Crippen molar-refractivity contribution in [1.29, 1.82) is 0 Å². The molecule has 4 heteroatoms. The summed E-state index contributed by atoms with van der Waals surface area (Å²) in [6.45, 7) is 3.32. The van der Waals surface area contributed by atoms with E-state index in [0.717, 1.165) is 23.7 Å². The first-order chi connectivity index (χ1) is 7.72. The number of nitrogen functional groups attached to an aromatic ring is 1. The monoisotopic (exact) mass is 238 g/mol. The van der Waals surface area contributed by atoms with Gasteiger partial charge >= 0.3 is 0 Å². The van der Waals surface area contributed by atoms with E-state index >= 15 is 0 Å². The van der Waals surface area contributed by atoms with E-state index in [1.54, 1.807) is 7.11 Å². The summed E-state index contributed by atoms with van der Waals surface area (Å²) in [5, 5.41) is 0. The summed E-state index contributed by atoms with van der Waals surface area (Å²) < 4.78 is 5.16. The Morgan fingerprint density at radius 3 is 2.94 bits per heavy atom. The van der Waals surface area contributed by atoms with Gasteiger partial charge in [-0.2, -0.15) is 11.8 Å². The van der Waals surface area contributed by atoms with Crippen LogP contribution in [0.3, 0.4) is 0 Å². The average molecular weight is 238 g/mol. The van der Waals surface area contributed by atoms with E-state index in [4.69, 9.17) is 10.5 Å². The fourth-order valence-corrected chi connectivity index (χ4v) is 3.02. The molecule has 1 aliphatic rings. The number of ether oxygens (including phenoxy) is 1. The van der Waals surface area contributed by atoms with Crippen molar-refractivity contribution in [2.75, 3.05) is 35.8 Å². The van der Waals surface area contributed by atoms with Crippen molar-refractivity contribution >= 4 is 23.1 Å². The van der Waals surface area contributed by atoms with Crippen LogP contribution in [0.15, 0.2) is 18.2 Å². The molecule has 0 spiro atoms. The van der Waals surface area contributed by atoms with Gasteiger partial charge in [0.2, 0.25) is 0 Å². The standard InChI is InChI=1S/C12H18N2OS/c1-9-8-16-6-5-14(9)12-4-3-10(15-2)7-11(12)13/h3-4,7,9H,5-6,8,13H2,1-2H3. The van der Waals surface area contributed by atoms with Crippen LogP contribution in [0, 0.1) is 0 Å². The van der Waals surface area contributed by atoms with Gasteiger partial charge in [0, 0.05) is 30.2 Å².